The Balaban J connectivity index is 1.89. The summed E-state index contributed by atoms with van der Waals surface area (Å²) in [4.78, 5) is 39.4. The zero-order valence-electron chi connectivity index (χ0n) is 18.6. The molecule has 2 atom stereocenters. The van der Waals surface area contributed by atoms with Gasteiger partial charge in [0, 0.05) is 25.9 Å². The fraction of sp³-hybridized carbons (Fsp3) is 0.423. The first-order valence-corrected chi connectivity index (χ1v) is 11.3. The summed E-state index contributed by atoms with van der Waals surface area (Å²) in [6, 6.07) is 13.2. The van der Waals surface area contributed by atoms with Crippen LogP contribution in [0.5, 0.6) is 0 Å². The molecule has 0 bridgehead atoms. The Morgan fingerprint density at radius 2 is 1.78 bits per heavy atom. The Labute approximate surface area is 189 Å². The fourth-order valence-corrected chi connectivity index (χ4v) is 4.26. The van der Waals surface area contributed by atoms with E-state index in [0.29, 0.717) is 19.4 Å². The number of carboxylic acid groups (broad SMARTS) is 1. The smallest absolute Gasteiger partial charge is 0.304 e. The second kappa shape index (κ2) is 11.5. The van der Waals surface area contributed by atoms with Crippen LogP contribution in [-0.4, -0.2) is 47.4 Å². The Kier molecular flexibility index (Phi) is 8.42. The highest BCUT2D eigenvalue weighted by atomic mass is 16.4. The van der Waals surface area contributed by atoms with E-state index in [2.05, 4.69) is 17.5 Å². The molecule has 0 unspecified atom stereocenters. The Morgan fingerprint density at radius 1 is 1.06 bits per heavy atom. The van der Waals surface area contributed by atoms with Crippen LogP contribution in [0.25, 0.3) is 10.8 Å². The summed E-state index contributed by atoms with van der Waals surface area (Å²) in [6.07, 6.45) is 8.08. The number of hydrogen-bond donors (Lipinski definition) is 2. The van der Waals surface area contributed by atoms with Crippen LogP contribution in [0.1, 0.15) is 44.1 Å². The Morgan fingerprint density at radius 3 is 2.56 bits per heavy atom. The molecule has 170 valence electrons. The summed E-state index contributed by atoms with van der Waals surface area (Å²) in [5.41, 5.74) is 0.981. The maximum atomic E-state index is 13.3. The van der Waals surface area contributed by atoms with Gasteiger partial charge in [0.2, 0.25) is 11.8 Å². The zero-order valence-corrected chi connectivity index (χ0v) is 18.6. The number of amides is 2. The van der Waals surface area contributed by atoms with Crippen molar-refractivity contribution in [3.63, 3.8) is 0 Å². The van der Waals surface area contributed by atoms with E-state index in [1.165, 1.54) is 0 Å². The van der Waals surface area contributed by atoms with Gasteiger partial charge in [0.25, 0.3) is 0 Å². The monoisotopic (exact) mass is 436 g/mol. The van der Waals surface area contributed by atoms with Gasteiger partial charge in [-0.15, -0.1) is 0 Å². The molecule has 0 saturated heterocycles. The highest BCUT2D eigenvalue weighted by Crippen LogP contribution is 2.21. The largest absolute Gasteiger partial charge is 0.481 e. The third-order valence-corrected chi connectivity index (χ3v) is 6.04. The van der Waals surface area contributed by atoms with E-state index in [0.717, 1.165) is 42.0 Å². The number of rotatable bonds is 4. The summed E-state index contributed by atoms with van der Waals surface area (Å²) < 4.78 is 0. The fourth-order valence-electron chi connectivity index (χ4n) is 4.26. The molecule has 0 radical (unpaired) electrons. The predicted molar refractivity (Wildman–Crippen MR) is 125 cm³/mol. The zero-order chi connectivity index (χ0) is 22.9. The van der Waals surface area contributed by atoms with Crippen molar-refractivity contribution in [3.05, 3.63) is 60.2 Å². The lowest BCUT2D eigenvalue weighted by molar-refractivity contribution is -0.142. The van der Waals surface area contributed by atoms with Crippen LogP contribution < -0.4 is 5.32 Å². The first-order valence-electron chi connectivity index (χ1n) is 11.3. The molecule has 2 N–H and O–H groups in total. The average Bonchev–Trinajstić information content (AvgIpc) is 2.78. The van der Waals surface area contributed by atoms with Crippen LogP contribution in [0.3, 0.4) is 0 Å². The van der Waals surface area contributed by atoms with Crippen molar-refractivity contribution in [2.45, 2.75) is 51.0 Å². The van der Waals surface area contributed by atoms with E-state index in [1.807, 2.05) is 42.5 Å². The topological polar surface area (TPSA) is 86.7 Å². The van der Waals surface area contributed by atoms with E-state index < -0.39 is 17.9 Å². The molecule has 3 rings (SSSR count). The summed E-state index contributed by atoms with van der Waals surface area (Å²) in [5, 5.41) is 14.3. The number of carbonyl (C=O) groups excluding carboxylic acids is 2. The van der Waals surface area contributed by atoms with Crippen LogP contribution >= 0.6 is 0 Å². The normalized spacial score (nSPS) is 22.2. The van der Waals surface area contributed by atoms with E-state index >= 15 is 0 Å². The van der Waals surface area contributed by atoms with Crippen molar-refractivity contribution in [3.8, 4) is 0 Å². The molecule has 32 heavy (non-hydrogen) atoms. The minimum absolute atomic E-state index is 0.151. The van der Waals surface area contributed by atoms with Gasteiger partial charge in [-0.1, -0.05) is 54.6 Å². The standard InChI is InChI=1S/C26H32N2O4/c1-28-16-9-5-3-2-4-6-12-21(18-24(29)30)25(31)27-23(26(28)32)17-20-14-10-13-19-11-7-8-15-22(19)20/h2-3,7-8,10-11,13-15,21,23H,4-6,9,12,16-18H2,1H3,(H,27,31)(H,29,30)/b3-2+/t21-,23+/m1/s1. The molecular weight excluding hydrogens is 404 g/mol. The molecule has 0 aliphatic carbocycles. The van der Waals surface area contributed by atoms with Crippen molar-refractivity contribution in [2.24, 2.45) is 5.92 Å². The lowest BCUT2D eigenvalue weighted by atomic mass is 9.94. The first-order chi connectivity index (χ1) is 15.5. The van der Waals surface area contributed by atoms with Gasteiger partial charge in [0.1, 0.15) is 6.04 Å². The molecule has 6 nitrogen and oxygen atoms in total. The first kappa shape index (κ1) is 23.5. The van der Waals surface area contributed by atoms with Gasteiger partial charge >= 0.3 is 5.97 Å². The number of carbonyl (C=O) groups is 3. The maximum Gasteiger partial charge on any atom is 0.304 e. The number of nitrogens with zero attached hydrogens (tertiary/aromatic N) is 1. The number of carboxylic acids is 1. The molecule has 1 aliphatic rings. The van der Waals surface area contributed by atoms with Crippen LogP contribution in [0.15, 0.2) is 54.6 Å². The van der Waals surface area contributed by atoms with Crippen LogP contribution in [0.2, 0.25) is 0 Å². The molecule has 2 aromatic rings. The lowest BCUT2D eigenvalue weighted by Gasteiger charge is -2.27. The minimum atomic E-state index is -1.00. The van der Waals surface area contributed by atoms with Crippen LogP contribution in [0.4, 0.5) is 0 Å². The van der Waals surface area contributed by atoms with Crippen molar-refractivity contribution in [1.82, 2.24) is 10.2 Å². The van der Waals surface area contributed by atoms with Gasteiger partial charge in [0.15, 0.2) is 0 Å². The van der Waals surface area contributed by atoms with Gasteiger partial charge in [-0.3, -0.25) is 14.4 Å². The Hall–Kier alpha value is -3.15. The second-order valence-electron chi connectivity index (χ2n) is 8.50. The molecule has 0 saturated carbocycles. The third-order valence-electron chi connectivity index (χ3n) is 6.04. The van der Waals surface area contributed by atoms with Gasteiger partial charge in [-0.25, -0.2) is 0 Å². The van der Waals surface area contributed by atoms with Gasteiger partial charge in [-0.05, 0) is 48.4 Å². The maximum absolute atomic E-state index is 13.3. The highest BCUT2D eigenvalue weighted by Gasteiger charge is 2.29. The molecule has 1 heterocycles. The number of allylic oxidation sites excluding steroid dienone is 2. The Bertz CT molecular complexity index is 979. The number of aliphatic carboxylic acids is 1. The number of benzene rings is 2. The van der Waals surface area contributed by atoms with Crippen molar-refractivity contribution in [1.29, 1.82) is 0 Å². The molecule has 2 aromatic carbocycles. The van der Waals surface area contributed by atoms with E-state index in [9.17, 15) is 19.5 Å². The number of nitrogens with one attached hydrogen (secondary N) is 1. The van der Waals surface area contributed by atoms with E-state index in [4.69, 9.17) is 0 Å². The van der Waals surface area contributed by atoms with Crippen molar-refractivity contribution < 1.29 is 19.5 Å². The molecule has 1 aliphatic heterocycles. The second-order valence-corrected chi connectivity index (χ2v) is 8.50. The quantitative estimate of drug-likeness (QED) is 0.711. The minimum Gasteiger partial charge on any atom is -0.481 e. The summed E-state index contributed by atoms with van der Waals surface area (Å²) >= 11 is 0. The van der Waals surface area contributed by atoms with Gasteiger partial charge < -0.3 is 15.3 Å². The molecule has 2 amide bonds. The van der Waals surface area contributed by atoms with Crippen molar-refractivity contribution >= 4 is 28.6 Å². The third kappa shape index (κ3) is 6.42. The van der Waals surface area contributed by atoms with Crippen LogP contribution in [-0.2, 0) is 20.8 Å². The molecule has 0 fully saturated rings. The van der Waals surface area contributed by atoms with E-state index in [-0.39, 0.29) is 18.2 Å². The summed E-state index contributed by atoms with van der Waals surface area (Å²) in [7, 11) is 1.76. The number of fused-ring (bicyclic) bond motifs is 1. The summed E-state index contributed by atoms with van der Waals surface area (Å²) in [5.74, 6) is -2.17. The summed E-state index contributed by atoms with van der Waals surface area (Å²) in [6.45, 7) is 0.601. The van der Waals surface area contributed by atoms with Crippen LogP contribution in [0, 0.1) is 5.92 Å². The van der Waals surface area contributed by atoms with Crippen molar-refractivity contribution in [2.75, 3.05) is 13.6 Å². The number of likely N-dealkylation sites (N-methyl/N-ethyl adjacent to an activating group) is 1. The average molecular weight is 437 g/mol. The highest BCUT2D eigenvalue weighted by molar-refractivity contribution is 5.91. The molecular formula is C26H32N2O4. The van der Waals surface area contributed by atoms with Gasteiger partial charge in [-0.2, -0.15) is 0 Å². The SMILES string of the molecule is CN1CCC/C=C/CCC[C@H](CC(=O)O)C(=O)N[C@@H](Cc2cccc3ccccc23)C1=O. The number of hydrogen-bond acceptors (Lipinski definition) is 3. The molecule has 0 spiro atoms. The lowest BCUT2D eigenvalue weighted by Crippen LogP contribution is -2.50. The van der Waals surface area contributed by atoms with Gasteiger partial charge in [0.05, 0.1) is 6.42 Å². The van der Waals surface area contributed by atoms with E-state index in [1.54, 1.807) is 11.9 Å². The molecule has 6 heteroatoms. The predicted octanol–water partition coefficient (Wildman–Crippen LogP) is 3.94. The molecule has 0 aromatic heterocycles.